The molecule has 1 N–H and O–H groups in total. The zero-order chi connectivity index (χ0) is 31.6. The zero-order valence-corrected chi connectivity index (χ0v) is 26.1. The van der Waals surface area contributed by atoms with Gasteiger partial charge in [0.1, 0.15) is 17.4 Å². The van der Waals surface area contributed by atoms with E-state index in [1.54, 1.807) is 16.9 Å². The Kier molecular flexibility index (Phi) is 8.84. The lowest BCUT2D eigenvalue weighted by atomic mass is 9.73. The number of fused-ring (bicyclic) bond motifs is 2. The molecule has 1 spiro atoms. The first-order chi connectivity index (χ1) is 21.9. The summed E-state index contributed by atoms with van der Waals surface area (Å²) in [5.41, 5.74) is -0.606. The number of amides is 3. The summed E-state index contributed by atoms with van der Waals surface area (Å²) in [5, 5.41) is 9.25. The van der Waals surface area contributed by atoms with Crippen LogP contribution in [0, 0.1) is 11.8 Å². The molecule has 0 aromatic heterocycles. The van der Waals surface area contributed by atoms with Gasteiger partial charge in [-0.3, -0.25) is 14.4 Å². The highest BCUT2D eigenvalue weighted by molar-refractivity contribution is 6.06. The van der Waals surface area contributed by atoms with Crippen molar-refractivity contribution in [1.29, 1.82) is 0 Å². The third-order valence-electron chi connectivity index (χ3n) is 9.93. The van der Waals surface area contributed by atoms with Crippen molar-refractivity contribution < 1.29 is 29.0 Å². The molecule has 0 radical (unpaired) electrons. The van der Waals surface area contributed by atoms with Crippen LogP contribution in [0.2, 0.25) is 0 Å². The molecule has 238 valence electrons. The Balaban J connectivity index is 1.40. The number of methoxy groups -OCH3 is 1. The Labute approximate surface area is 265 Å². The number of hydrogen-bond donors (Lipinski definition) is 1. The van der Waals surface area contributed by atoms with Gasteiger partial charge in [-0.25, -0.2) is 0 Å². The molecule has 2 aromatic carbocycles. The highest BCUT2D eigenvalue weighted by atomic mass is 16.5. The summed E-state index contributed by atoms with van der Waals surface area (Å²) in [4.78, 5) is 49.1. The summed E-state index contributed by atoms with van der Waals surface area (Å²) < 4.78 is 12.4. The third kappa shape index (κ3) is 5.36. The molecule has 2 fully saturated rings. The van der Waals surface area contributed by atoms with Gasteiger partial charge in [-0.2, -0.15) is 0 Å². The summed E-state index contributed by atoms with van der Waals surface area (Å²) in [6.07, 6.45) is 11.3. The SMILES string of the molecule is CC[C@@]12C=CCN(Cc3ccccc3)C(=O)[C@@H]1[C@H]1C(=O)N(CCCCCCO)C3C(=O)N(c4ccc(OC)cc4)CC=C[C@@]31O2. The molecule has 3 amide bonds. The monoisotopic (exact) mass is 613 g/mol. The minimum absolute atomic E-state index is 0.124. The van der Waals surface area contributed by atoms with Gasteiger partial charge < -0.3 is 29.3 Å². The molecular weight excluding hydrogens is 570 g/mol. The number of unbranched alkanes of at least 4 members (excludes halogenated alkanes) is 3. The van der Waals surface area contributed by atoms with Crippen LogP contribution in [0.25, 0.3) is 0 Å². The molecule has 0 aliphatic carbocycles. The highest BCUT2D eigenvalue weighted by Crippen LogP contribution is 2.58. The van der Waals surface area contributed by atoms with Gasteiger partial charge in [-0.05, 0) is 49.1 Å². The van der Waals surface area contributed by atoms with E-state index in [9.17, 15) is 19.5 Å². The van der Waals surface area contributed by atoms with Crippen molar-refractivity contribution in [2.75, 3.05) is 38.3 Å². The number of hydrogen-bond acceptors (Lipinski definition) is 6. The quantitative estimate of drug-likeness (QED) is 0.303. The van der Waals surface area contributed by atoms with Crippen LogP contribution in [-0.2, 0) is 25.7 Å². The average Bonchev–Trinajstić information content (AvgIpc) is 3.35. The number of ether oxygens (including phenoxy) is 2. The zero-order valence-electron chi connectivity index (χ0n) is 26.1. The molecule has 45 heavy (non-hydrogen) atoms. The van der Waals surface area contributed by atoms with Crippen molar-refractivity contribution in [3.63, 3.8) is 0 Å². The highest BCUT2D eigenvalue weighted by Gasteiger charge is 2.75. The summed E-state index contributed by atoms with van der Waals surface area (Å²) in [6, 6.07) is 16.3. The van der Waals surface area contributed by atoms with Crippen LogP contribution in [0.4, 0.5) is 5.69 Å². The molecular formula is C36H43N3O6. The minimum atomic E-state index is -1.29. The lowest BCUT2D eigenvalue weighted by Crippen LogP contribution is -2.56. The number of aliphatic hydroxyl groups excluding tert-OH is 1. The van der Waals surface area contributed by atoms with E-state index in [2.05, 4.69) is 0 Å². The topological polar surface area (TPSA) is 99.6 Å². The van der Waals surface area contributed by atoms with Gasteiger partial charge in [0, 0.05) is 38.5 Å². The number of carbonyl (C=O) groups excluding carboxylic acids is 3. The number of benzene rings is 2. The van der Waals surface area contributed by atoms with E-state index in [0.717, 1.165) is 18.4 Å². The fourth-order valence-electron chi connectivity index (χ4n) is 7.74. The molecule has 6 rings (SSSR count). The van der Waals surface area contributed by atoms with Crippen LogP contribution in [0.3, 0.4) is 0 Å². The lowest BCUT2D eigenvalue weighted by Gasteiger charge is -2.38. The number of aliphatic hydroxyl groups is 1. The van der Waals surface area contributed by atoms with Crippen LogP contribution in [-0.4, -0.2) is 83.2 Å². The number of anilines is 1. The van der Waals surface area contributed by atoms with E-state index in [-0.39, 0.29) is 24.3 Å². The van der Waals surface area contributed by atoms with Gasteiger partial charge in [-0.1, -0.05) is 74.4 Å². The molecule has 9 nitrogen and oxygen atoms in total. The van der Waals surface area contributed by atoms with Crippen molar-refractivity contribution in [2.24, 2.45) is 11.8 Å². The number of nitrogens with zero attached hydrogens (tertiary/aromatic N) is 3. The van der Waals surface area contributed by atoms with Crippen LogP contribution >= 0.6 is 0 Å². The molecule has 9 heteroatoms. The smallest absolute Gasteiger partial charge is 0.253 e. The van der Waals surface area contributed by atoms with E-state index in [1.807, 2.05) is 90.7 Å². The van der Waals surface area contributed by atoms with Crippen molar-refractivity contribution in [3.05, 3.63) is 84.5 Å². The van der Waals surface area contributed by atoms with E-state index >= 15 is 0 Å². The fraction of sp³-hybridized carbons (Fsp3) is 0.472. The number of rotatable bonds is 11. The van der Waals surface area contributed by atoms with Crippen molar-refractivity contribution in [1.82, 2.24) is 9.80 Å². The molecule has 0 bridgehead atoms. The summed E-state index contributed by atoms with van der Waals surface area (Å²) >= 11 is 0. The largest absolute Gasteiger partial charge is 0.497 e. The van der Waals surface area contributed by atoms with Gasteiger partial charge in [-0.15, -0.1) is 0 Å². The first-order valence-electron chi connectivity index (χ1n) is 16.1. The number of carbonyl (C=O) groups is 3. The second kappa shape index (κ2) is 12.8. The van der Waals surface area contributed by atoms with Crippen LogP contribution in [0.5, 0.6) is 5.75 Å². The first-order valence-corrected chi connectivity index (χ1v) is 16.1. The van der Waals surface area contributed by atoms with Crippen molar-refractivity contribution >= 4 is 23.4 Å². The van der Waals surface area contributed by atoms with E-state index in [4.69, 9.17) is 9.47 Å². The summed E-state index contributed by atoms with van der Waals surface area (Å²) in [6.45, 7) is 3.63. The molecule has 4 heterocycles. The summed E-state index contributed by atoms with van der Waals surface area (Å²) in [5.74, 6) is -1.49. The van der Waals surface area contributed by atoms with Gasteiger partial charge in [0.2, 0.25) is 11.8 Å². The van der Waals surface area contributed by atoms with E-state index in [0.29, 0.717) is 56.9 Å². The Morgan fingerprint density at radius 3 is 2.31 bits per heavy atom. The van der Waals surface area contributed by atoms with Gasteiger partial charge in [0.15, 0.2) is 0 Å². The summed E-state index contributed by atoms with van der Waals surface area (Å²) in [7, 11) is 1.60. The Morgan fingerprint density at radius 1 is 0.867 bits per heavy atom. The van der Waals surface area contributed by atoms with E-state index < -0.39 is 29.1 Å². The van der Waals surface area contributed by atoms with Crippen molar-refractivity contribution in [2.45, 2.75) is 62.8 Å². The number of likely N-dealkylation sites (tertiary alicyclic amines) is 1. The van der Waals surface area contributed by atoms with Crippen LogP contribution < -0.4 is 9.64 Å². The molecule has 4 aliphatic heterocycles. The van der Waals surface area contributed by atoms with Gasteiger partial charge in [0.25, 0.3) is 5.91 Å². The Hall–Kier alpha value is -3.95. The van der Waals surface area contributed by atoms with Gasteiger partial charge in [0.05, 0.1) is 24.5 Å². The Morgan fingerprint density at radius 2 is 1.60 bits per heavy atom. The molecule has 2 aromatic rings. The first kappa shape index (κ1) is 31.0. The van der Waals surface area contributed by atoms with Crippen LogP contribution in [0.15, 0.2) is 78.9 Å². The molecule has 5 atom stereocenters. The minimum Gasteiger partial charge on any atom is -0.497 e. The predicted octanol–water partition coefficient (Wildman–Crippen LogP) is 4.11. The third-order valence-corrected chi connectivity index (χ3v) is 9.93. The standard InChI is InChI=1S/C36H43N3O6/c1-3-35-19-11-21-37(25-26-13-7-6-8-14-26)32(41)29(35)30-33(42)39(22-9-4-5-10-24-40)31-34(43)38(23-12-20-36(30,31)45-35)27-15-17-28(44-2)18-16-27/h6-8,11-20,29-31,40H,3-5,9-10,21-25H2,1-2H3/t29-,30-,31?,35+,36-/m0/s1. The van der Waals surface area contributed by atoms with E-state index in [1.165, 1.54) is 0 Å². The molecule has 2 saturated heterocycles. The predicted molar refractivity (Wildman–Crippen MR) is 170 cm³/mol. The molecule has 4 aliphatic rings. The maximum Gasteiger partial charge on any atom is 0.253 e. The average molecular weight is 614 g/mol. The normalized spacial score (nSPS) is 29.0. The lowest BCUT2D eigenvalue weighted by molar-refractivity contribution is -0.150. The van der Waals surface area contributed by atoms with Crippen LogP contribution in [0.1, 0.15) is 44.6 Å². The second-order valence-corrected chi connectivity index (χ2v) is 12.4. The maximum atomic E-state index is 14.7. The second-order valence-electron chi connectivity index (χ2n) is 12.4. The maximum absolute atomic E-state index is 14.7. The van der Waals surface area contributed by atoms with Gasteiger partial charge >= 0.3 is 0 Å². The Bertz CT molecular complexity index is 1460. The molecule has 1 unspecified atom stereocenters. The van der Waals surface area contributed by atoms with Crippen molar-refractivity contribution in [3.8, 4) is 5.75 Å². The molecule has 0 saturated carbocycles. The fourth-order valence-corrected chi connectivity index (χ4v) is 7.74.